The summed E-state index contributed by atoms with van der Waals surface area (Å²) in [5, 5.41) is 2.98. The first-order valence-corrected chi connectivity index (χ1v) is 12.1. The lowest BCUT2D eigenvalue weighted by molar-refractivity contribution is -0.139. The van der Waals surface area contributed by atoms with Gasteiger partial charge in [0, 0.05) is 18.3 Å². The van der Waals surface area contributed by atoms with Crippen molar-refractivity contribution in [1.29, 1.82) is 0 Å². The van der Waals surface area contributed by atoms with Crippen LogP contribution in [0.15, 0.2) is 42.5 Å². The van der Waals surface area contributed by atoms with E-state index in [4.69, 9.17) is 0 Å². The normalized spacial score (nSPS) is 12.0. The van der Waals surface area contributed by atoms with E-state index in [1.807, 2.05) is 45.9 Å². The molecule has 1 atom stereocenters. The van der Waals surface area contributed by atoms with Crippen LogP contribution in [0.1, 0.15) is 55.0 Å². The Kier molecular flexibility index (Phi) is 9.63. The summed E-state index contributed by atoms with van der Waals surface area (Å²) in [6.07, 6.45) is 0.581. The molecule has 2 aromatic rings. The van der Waals surface area contributed by atoms with Crippen LogP contribution < -0.4 is 5.32 Å². The topological polar surface area (TPSA) is 49.4 Å². The number of rotatable bonds is 10. The lowest BCUT2D eigenvalue weighted by atomic mass is 10.1. The van der Waals surface area contributed by atoms with Crippen molar-refractivity contribution in [3.8, 4) is 0 Å². The van der Waals surface area contributed by atoms with Crippen LogP contribution in [0, 0.1) is 20.8 Å². The third kappa shape index (κ3) is 8.06. The molecule has 0 aromatic heterocycles. The smallest absolute Gasteiger partial charge is 0.243 e. The number of amides is 2. The van der Waals surface area contributed by atoms with E-state index in [0.717, 1.165) is 16.9 Å². The Morgan fingerprint density at radius 2 is 1.61 bits per heavy atom. The van der Waals surface area contributed by atoms with Gasteiger partial charge in [0.05, 0.1) is 5.75 Å². The van der Waals surface area contributed by atoms with Gasteiger partial charge in [-0.1, -0.05) is 66.1 Å². The molecular formula is C26H36N2O2S. The number of nitrogens with one attached hydrogen (secondary N) is 1. The Balaban J connectivity index is 2.15. The third-order valence-electron chi connectivity index (χ3n) is 5.03. The molecule has 1 N–H and O–H groups in total. The van der Waals surface area contributed by atoms with Gasteiger partial charge in [0.25, 0.3) is 0 Å². The SMILES string of the molecule is CCC(C(=O)NC(C)C)N(Cc1cccc(C)c1)C(=O)CSCc1cc(C)cc(C)c1. The van der Waals surface area contributed by atoms with Crippen molar-refractivity contribution in [1.82, 2.24) is 10.2 Å². The van der Waals surface area contributed by atoms with Gasteiger partial charge in [-0.15, -0.1) is 11.8 Å². The van der Waals surface area contributed by atoms with E-state index in [-0.39, 0.29) is 17.9 Å². The van der Waals surface area contributed by atoms with Gasteiger partial charge in [0.1, 0.15) is 6.04 Å². The van der Waals surface area contributed by atoms with Gasteiger partial charge in [0.15, 0.2) is 0 Å². The van der Waals surface area contributed by atoms with Crippen molar-refractivity contribution < 1.29 is 9.59 Å². The molecule has 0 saturated heterocycles. The fourth-order valence-electron chi connectivity index (χ4n) is 3.80. The molecule has 2 amide bonds. The lowest BCUT2D eigenvalue weighted by Gasteiger charge is -2.31. The van der Waals surface area contributed by atoms with Crippen LogP contribution in [0.3, 0.4) is 0 Å². The monoisotopic (exact) mass is 440 g/mol. The second-order valence-corrected chi connectivity index (χ2v) is 9.57. The van der Waals surface area contributed by atoms with E-state index < -0.39 is 6.04 Å². The summed E-state index contributed by atoms with van der Waals surface area (Å²) in [6.45, 7) is 12.5. The largest absolute Gasteiger partial charge is 0.352 e. The minimum absolute atomic E-state index is 0.00152. The van der Waals surface area contributed by atoms with Crippen LogP contribution in [0.2, 0.25) is 0 Å². The maximum Gasteiger partial charge on any atom is 0.243 e. The highest BCUT2D eigenvalue weighted by molar-refractivity contribution is 7.99. The highest BCUT2D eigenvalue weighted by Crippen LogP contribution is 2.19. The summed E-state index contributed by atoms with van der Waals surface area (Å²) in [4.78, 5) is 27.9. The average Bonchev–Trinajstić information content (AvgIpc) is 2.66. The minimum atomic E-state index is -0.475. The van der Waals surface area contributed by atoms with Crippen molar-refractivity contribution in [2.75, 3.05) is 5.75 Å². The van der Waals surface area contributed by atoms with Gasteiger partial charge >= 0.3 is 0 Å². The maximum absolute atomic E-state index is 13.3. The molecule has 4 nitrogen and oxygen atoms in total. The van der Waals surface area contributed by atoms with Crippen LogP contribution in [0.4, 0.5) is 0 Å². The third-order valence-corrected chi connectivity index (χ3v) is 6.02. The molecule has 168 valence electrons. The molecule has 0 saturated carbocycles. The summed E-state index contributed by atoms with van der Waals surface area (Å²) in [5.41, 5.74) is 5.89. The van der Waals surface area contributed by atoms with Crippen molar-refractivity contribution in [3.05, 3.63) is 70.3 Å². The van der Waals surface area contributed by atoms with E-state index in [0.29, 0.717) is 18.7 Å². The summed E-state index contributed by atoms with van der Waals surface area (Å²) >= 11 is 1.60. The summed E-state index contributed by atoms with van der Waals surface area (Å²) < 4.78 is 0. The lowest BCUT2D eigenvalue weighted by Crippen LogP contribution is -2.50. The van der Waals surface area contributed by atoms with Crippen molar-refractivity contribution in [2.24, 2.45) is 0 Å². The van der Waals surface area contributed by atoms with E-state index in [1.54, 1.807) is 16.7 Å². The zero-order chi connectivity index (χ0) is 23.0. The van der Waals surface area contributed by atoms with E-state index in [9.17, 15) is 9.59 Å². The molecule has 0 fully saturated rings. The summed E-state index contributed by atoms with van der Waals surface area (Å²) in [7, 11) is 0. The van der Waals surface area contributed by atoms with Crippen LogP contribution in [-0.2, 0) is 21.9 Å². The first kappa shape index (κ1) is 25.0. The first-order chi connectivity index (χ1) is 14.7. The van der Waals surface area contributed by atoms with Gasteiger partial charge < -0.3 is 10.2 Å². The molecule has 0 bridgehead atoms. The molecule has 5 heteroatoms. The highest BCUT2D eigenvalue weighted by Gasteiger charge is 2.28. The standard InChI is InChI=1S/C26H36N2O2S/c1-7-24(26(30)27-18(2)3)28(15-22-10-8-9-19(4)12-22)25(29)17-31-16-23-13-20(5)11-21(6)14-23/h8-14,18,24H,7,15-17H2,1-6H3,(H,27,30). The molecular weight excluding hydrogens is 404 g/mol. The van der Waals surface area contributed by atoms with Crippen molar-refractivity contribution in [2.45, 2.75) is 72.3 Å². The Morgan fingerprint density at radius 1 is 0.968 bits per heavy atom. The van der Waals surface area contributed by atoms with Crippen molar-refractivity contribution in [3.63, 3.8) is 0 Å². The fraction of sp³-hybridized carbons (Fsp3) is 0.462. The number of carbonyl (C=O) groups is 2. The van der Waals surface area contributed by atoms with Gasteiger partial charge in [0.2, 0.25) is 11.8 Å². The molecule has 0 radical (unpaired) electrons. The molecule has 0 spiro atoms. The molecule has 2 aromatic carbocycles. The van der Waals surface area contributed by atoms with E-state index >= 15 is 0 Å². The van der Waals surface area contributed by atoms with Crippen LogP contribution in [-0.4, -0.2) is 34.6 Å². The zero-order valence-electron chi connectivity index (χ0n) is 19.7. The number of hydrogen-bond donors (Lipinski definition) is 1. The number of thioether (sulfide) groups is 1. The van der Waals surface area contributed by atoms with Gasteiger partial charge in [-0.05, 0) is 52.2 Å². The highest BCUT2D eigenvalue weighted by atomic mass is 32.2. The molecule has 0 aliphatic rings. The average molecular weight is 441 g/mol. The Labute approximate surface area is 191 Å². The fourth-order valence-corrected chi connectivity index (χ4v) is 4.64. The maximum atomic E-state index is 13.3. The minimum Gasteiger partial charge on any atom is -0.352 e. The van der Waals surface area contributed by atoms with Gasteiger partial charge in [-0.2, -0.15) is 0 Å². The molecule has 0 aliphatic carbocycles. The predicted octanol–water partition coefficient (Wildman–Crippen LogP) is 5.18. The molecule has 31 heavy (non-hydrogen) atoms. The number of hydrogen-bond acceptors (Lipinski definition) is 3. The van der Waals surface area contributed by atoms with Gasteiger partial charge in [-0.25, -0.2) is 0 Å². The Morgan fingerprint density at radius 3 is 2.19 bits per heavy atom. The van der Waals surface area contributed by atoms with E-state index in [2.05, 4.69) is 43.4 Å². The predicted molar refractivity (Wildman–Crippen MR) is 131 cm³/mol. The molecule has 2 rings (SSSR count). The number of aryl methyl sites for hydroxylation is 3. The molecule has 0 aliphatic heterocycles. The first-order valence-electron chi connectivity index (χ1n) is 11.0. The quantitative estimate of drug-likeness (QED) is 0.554. The molecule has 0 heterocycles. The number of benzene rings is 2. The summed E-state index contributed by atoms with van der Waals surface area (Å²) in [5.74, 6) is 1.05. The van der Waals surface area contributed by atoms with Crippen LogP contribution >= 0.6 is 11.8 Å². The van der Waals surface area contributed by atoms with Crippen molar-refractivity contribution >= 4 is 23.6 Å². The van der Waals surface area contributed by atoms with E-state index in [1.165, 1.54) is 16.7 Å². The number of carbonyl (C=O) groups excluding carboxylic acids is 2. The zero-order valence-corrected chi connectivity index (χ0v) is 20.5. The summed E-state index contributed by atoms with van der Waals surface area (Å²) in [6, 6.07) is 14.2. The Hall–Kier alpha value is -2.27. The van der Waals surface area contributed by atoms with Crippen LogP contribution in [0.5, 0.6) is 0 Å². The second-order valence-electron chi connectivity index (χ2n) is 8.59. The van der Waals surface area contributed by atoms with Gasteiger partial charge in [-0.3, -0.25) is 9.59 Å². The second kappa shape index (κ2) is 11.9. The Bertz CT molecular complexity index is 874. The molecule has 1 unspecified atom stereocenters. The van der Waals surface area contributed by atoms with Crippen LogP contribution in [0.25, 0.3) is 0 Å². The number of nitrogens with zero attached hydrogens (tertiary/aromatic N) is 1.